The summed E-state index contributed by atoms with van der Waals surface area (Å²) >= 11 is 12.1. The van der Waals surface area contributed by atoms with Gasteiger partial charge < -0.3 is 20.5 Å². The first-order chi connectivity index (χ1) is 26.6. The van der Waals surface area contributed by atoms with Gasteiger partial charge in [-0.1, -0.05) is 149 Å². The van der Waals surface area contributed by atoms with Crippen LogP contribution < -0.4 is 5.73 Å². The molecule has 4 aromatic rings. The van der Waals surface area contributed by atoms with Gasteiger partial charge >= 0.3 is 17.9 Å². The number of carboxylic acids is 1. The minimum absolute atomic E-state index is 0.121. The zero-order valence-electron chi connectivity index (χ0n) is 31.6. The van der Waals surface area contributed by atoms with E-state index < -0.39 is 11.9 Å². The van der Waals surface area contributed by atoms with Crippen molar-refractivity contribution in [2.75, 3.05) is 37.7 Å². The zero-order valence-corrected chi connectivity index (χ0v) is 37.9. The third-order valence-electron chi connectivity index (χ3n) is 6.45. The van der Waals surface area contributed by atoms with E-state index in [0.717, 1.165) is 28.8 Å². The lowest BCUT2D eigenvalue weighted by Crippen LogP contribution is -2.23. The molecule has 0 spiro atoms. The highest BCUT2D eigenvalue weighted by Crippen LogP contribution is 2.21. The van der Waals surface area contributed by atoms with E-state index in [2.05, 4.69) is 86.5 Å². The minimum Gasteiger partial charge on any atom is -0.478 e. The number of rotatable bonds is 7. The first-order valence-electron chi connectivity index (χ1n) is 15.9. The predicted molar refractivity (Wildman–Crippen MR) is 238 cm³/mol. The van der Waals surface area contributed by atoms with Crippen LogP contribution in [-0.4, -0.2) is 76.8 Å². The Morgan fingerprint density at radius 1 is 0.782 bits per heavy atom. The van der Waals surface area contributed by atoms with Gasteiger partial charge in [-0.3, -0.25) is 9.68 Å². The number of carbonyl (C=O) groups excluding carboxylic acids is 3. The smallest absolute Gasteiger partial charge is 0.372 e. The van der Waals surface area contributed by atoms with E-state index in [1.807, 2.05) is 66.0 Å². The molecule has 14 heteroatoms. The number of carbonyl (C=O) groups is 4. The van der Waals surface area contributed by atoms with Crippen LogP contribution in [0.1, 0.15) is 58.1 Å². The number of ether oxygens (including phenoxy) is 1. The number of hydrogen-bond donors (Lipinski definition) is 3. The molecule has 300 valence electrons. The molecular formula is C41H50Br4N2O8. The number of aryl methyl sites for hydroxylation is 1. The number of halogens is 4. The third kappa shape index (κ3) is 22.9. The summed E-state index contributed by atoms with van der Waals surface area (Å²) in [6.45, 7) is 10.7. The summed E-state index contributed by atoms with van der Waals surface area (Å²) in [6, 6.07) is 30.3. The number of nitrogens with two attached hydrogens (primary N) is 1. The van der Waals surface area contributed by atoms with Gasteiger partial charge in [0.05, 0.1) is 23.8 Å². The zero-order chi connectivity index (χ0) is 42.6. The van der Waals surface area contributed by atoms with Gasteiger partial charge in [0.1, 0.15) is 0 Å². The number of amides is 1. The topological polar surface area (TPSA) is 156 Å². The number of fused-ring (bicyclic) bond motifs is 1. The molecule has 0 atom stereocenters. The quantitative estimate of drug-likeness (QED) is 0.0539. The van der Waals surface area contributed by atoms with Crippen molar-refractivity contribution in [3.63, 3.8) is 0 Å². The van der Waals surface area contributed by atoms with Gasteiger partial charge in [-0.25, -0.2) is 14.4 Å². The van der Waals surface area contributed by atoms with E-state index in [1.54, 1.807) is 78.6 Å². The summed E-state index contributed by atoms with van der Waals surface area (Å²) in [6.07, 6.45) is 3.41. The van der Waals surface area contributed by atoms with Crippen molar-refractivity contribution in [3.05, 3.63) is 167 Å². The number of alkyl halides is 4. The standard InChI is InChI=1S/C11H11NO.C9H9BrO2.C8H8O2.C7H6O3.C3H7N.3CH3Br/c1-2-7-12-8-9-5-3-4-6-10(9)11(12)13;1-12-9(11)8-5-3-2-4-7(8)6-10;1-6-4-2-3-5-7(6)8(9)10;8-7(10-9)6-4-2-1-3-5-6;1-2-3-4;3*1-2/h2-6H,1,7-8H2;2-5H,6H2,1H3;2-5H,1H3,(H,9,10);1-5,9H;2H,1,3-4H2;3*1H3. The van der Waals surface area contributed by atoms with Gasteiger partial charge in [-0.15, -0.1) is 13.2 Å². The third-order valence-corrected chi connectivity index (χ3v) is 7.05. The second kappa shape index (κ2) is 37.0. The summed E-state index contributed by atoms with van der Waals surface area (Å²) < 4.78 is 4.62. The summed E-state index contributed by atoms with van der Waals surface area (Å²) in [5.74, 6) is 3.67. The Morgan fingerprint density at radius 2 is 1.27 bits per heavy atom. The number of carboxylic acid groups (broad SMARTS) is 1. The van der Waals surface area contributed by atoms with Crippen molar-refractivity contribution < 1.29 is 39.2 Å². The highest BCUT2D eigenvalue weighted by atomic mass is 79.9. The Kier molecular flexibility index (Phi) is 37.3. The summed E-state index contributed by atoms with van der Waals surface area (Å²) in [5, 5.41) is 17.2. The van der Waals surface area contributed by atoms with Crippen LogP contribution in [0.4, 0.5) is 0 Å². The van der Waals surface area contributed by atoms with Crippen LogP contribution in [-0.2, 0) is 21.5 Å². The fourth-order valence-corrected chi connectivity index (χ4v) is 4.49. The van der Waals surface area contributed by atoms with E-state index >= 15 is 0 Å². The second-order valence-corrected chi connectivity index (χ2v) is 10.4. The average molecular weight is 1020 g/mol. The number of benzene rings is 4. The Morgan fingerprint density at radius 3 is 1.71 bits per heavy atom. The Hall–Kier alpha value is -3.92. The molecule has 0 saturated carbocycles. The van der Waals surface area contributed by atoms with Crippen molar-refractivity contribution in [2.24, 2.45) is 5.73 Å². The fraction of sp³-hybridized carbons (Fsp3) is 0.220. The van der Waals surface area contributed by atoms with Crippen LogP contribution in [0, 0.1) is 6.92 Å². The van der Waals surface area contributed by atoms with E-state index in [9.17, 15) is 19.2 Å². The van der Waals surface area contributed by atoms with Gasteiger partial charge in [0.2, 0.25) is 0 Å². The van der Waals surface area contributed by atoms with Crippen molar-refractivity contribution >= 4 is 87.5 Å². The Labute approximate surface area is 358 Å². The monoisotopic (exact) mass is 1010 g/mol. The summed E-state index contributed by atoms with van der Waals surface area (Å²) in [4.78, 5) is 49.1. The fourth-order valence-electron chi connectivity index (χ4n) is 4.00. The number of hydrogen-bond acceptors (Lipinski definition) is 8. The lowest BCUT2D eigenvalue weighted by Gasteiger charge is -2.11. The van der Waals surface area contributed by atoms with Gasteiger partial charge in [-0.2, -0.15) is 5.26 Å². The molecule has 0 unspecified atom stereocenters. The van der Waals surface area contributed by atoms with E-state index in [-0.39, 0.29) is 11.9 Å². The van der Waals surface area contributed by atoms with Crippen LogP contribution in [0.3, 0.4) is 0 Å². The predicted octanol–water partition coefficient (Wildman–Crippen LogP) is 10.4. The van der Waals surface area contributed by atoms with E-state index in [1.165, 1.54) is 7.11 Å². The lowest BCUT2D eigenvalue weighted by atomic mass is 10.1. The first-order valence-corrected chi connectivity index (χ1v) is 21.8. The van der Waals surface area contributed by atoms with Crippen LogP contribution in [0.15, 0.2) is 128 Å². The molecule has 0 radical (unpaired) electrons. The molecule has 0 aliphatic carbocycles. The van der Waals surface area contributed by atoms with Crippen LogP contribution in [0.25, 0.3) is 0 Å². The molecule has 0 fully saturated rings. The molecule has 4 aromatic carbocycles. The van der Waals surface area contributed by atoms with Crippen molar-refractivity contribution in [3.8, 4) is 0 Å². The molecule has 1 amide bonds. The maximum absolute atomic E-state index is 11.7. The van der Waals surface area contributed by atoms with Gasteiger partial charge in [0, 0.05) is 30.5 Å². The highest BCUT2D eigenvalue weighted by Gasteiger charge is 2.25. The highest BCUT2D eigenvalue weighted by molar-refractivity contribution is 9.09. The molecule has 1 heterocycles. The molecule has 5 rings (SSSR count). The number of methoxy groups -OCH3 is 1. The maximum Gasteiger partial charge on any atom is 0.372 e. The molecule has 0 aromatic heterocycles. The molecule has 4 N–H and O–H groups in total. The van der Waals surface area contributed by atoms with Gasteiger partial charge in [-0.05, 0) is 71.4 Å². The van der Waals surface area contributed by atoms with Crippen LogP contribution in [0.5, 0.6) is 0 Å². The molecule has 0 bridgehead atoms. The van der Waals surface area contributed by atoms with Gasteiger partial charge in [0.25, 0.3) is 5.91 Å². The van der Waals surface area contributed by atoms with E-state index in [0.29, 0.717) is 35.1 Å². The SMILES string of the molecule is C=CCN.C=CCN1Cc2ccccc2C1=O.CBr.CBr.CBr.COC(=O)c1ccccc1CBr.Cc1ccccc1C(=O)O.O=C(OO)c1ccccc1. The number of aromatic carboxylic acids is 1. The normalized spacial score (nSPS) is 9.58. The molecule has 1 aliphatic heterocycles. The Bertz CT molecular complexity index is 1680. The molecule has 10 nitrogen and oxygen atoms in total. The van der Waals surface area contributed by atoms with Gasteiger partial charge in [0.15, 0.2) is 0 Å². The summed E-state index contributed by atoms with van der Waals surface area (Å²) in [5.41, 5.74) is 9.95. The number of nitrogens with zero attached hydrogens (tertiary/aromatic N) is 1. The van der Waals surface area contributed by atoms with Crippen LogP contribution in [0.2, 0.25) is 0 Å². The minimum atomic E-state index is -0.863. The molecular weight excluding hydrogens is 968 g/mol. The summed E-state index contributed by atoms with van der Waals surface area (Å²) in [7, 11) is 1.38. The largest absolute Gasteiger partial charge is 0.478 e. The van der Waals surface area contributed by atoms with Crippen molar-refractivity contribution in [1.29, 1.82) is 0 Å². The molecule has 55 heavy (non-hydrogen) atoms. The second-order valence-electron chi connectivity index (χ2n) is 9.80. The lowest BCUT2D eigenvalue weighted by molar-refractivity contribution is -0.182. The van der Waals surface area contributed by atoms with Crippen molar-refractivity contribution in [1.82, 2.24) is 4.90 Å². The van der Waals surface area contributed by atoms with Crippen LogP contribution >= 0.6 is 63.7 Å². The molecule has 0 saturated heterocycles. The average Bonchev–Trinajstić information content (AvgIpc) is 3.57. The van der Waals surface area contributed by atoms with E-state index in [4.69, 9.17) is 16.1 Å². The number of esters is 1. The first kappa shape index (κ1) is 55.4. The Balaban J connectivity index is -0.000000610. The molecule has 1 aliphatic rings. The van der Waals surface area contributed by atoms with Crippen molar-refractivity contribution in [2.45, 2.75) is 18.8 Å². The maximum atomic E-state index is 11.7.